The van der Waals surface area contributed by atoms with E-state index in [9.17, 15) is 4.79 Å². The molecule has 0 saturated heterocycles. The zero-order chi connectivity index (χ0) is 10.7. The number of hydrogen-bond acceptors (Lipinski definition) is 3. The summed E-state index contributed by atoms with van der Waals surface area (Å²) in [5.74, 6) is -0.176. The quantitative estimate of drug-likeness (QED) is 0.700. The van der Waals surface area contributed by atoms with E-state index in [2.05, 4.69) is 0 Å². The van der Waals surface area contributed by atoms with E-state index < -0.39 is 5.97 Å². The summed E-state index contributed by atoms with van der Waals surface area (Å²) in [5, 5.41) is 8.53. The summed E-state index contributed by atoms with van der Waals surface area (Å²) in [5.41, 5.74) is 1.83. The molecule has 4 heteroatoms. The maximum atomic E-state index is 10.4. The SMILES string of the molecule is O=C(O)/C=C/C1=COCC2=C1OCCC2. The van der Waals surface area contributed by atoms with Gasteiger partial charge in [0.25, 0.3) is 0 Å². The molecule has 2 aliphatic heterocycles. The van der Waals surface area contributed by atoms with Gasteiger partial charge in [0.2, 0.25) is 0 Å². The topological polar surface area (TPSA) is 55.8 Å². The molecule has 0 aromatic rings. The Balaban J connectivity index is 2.20. The van der Waals surface area contributed by atoms with Crippen molar-refractivity contribution in [2.45, 2.75) is 12.8 Å². The molecule has 0 atom stereocenters. The molecule has 0 radical (unpaired) electrons. The first-order valence-corrected chi connectivity index (χ1v) is 4.85. The lowest BCUT2D eigenvalue weighted by molar-refractivity contribution is -0.131. The predicted octanol–water partition coefficient (Wildman–Crippen LogP) is 1.61. The summed E-state index contributed by atoms with van der Waals surface area (Å²) in [6, 6.07) is 0. The molecule has 2 rings (SSSR count). The van der Waals surface area contributed by atoms with Gasteiger partial charge in [-0.2, -0.15) is 0 Å². The van der Waals surface area contributed by atoms with Gasteiger partial charge in [0.1, 0.15) is 12.4 Å². The summed E-state index contributed by atoms with van der Waals surface area (Å²) in [6.45, 7) is 1.25. The van der Waals surface area contributed by atoms with Crippen LogP contribution < -0.4 is 0 Å². The average Bonchev–Trinajstić information content (AvgIpc) is 2.26. The second kappa shape index (κ2) is 4.21. The van der Waals surface area contributed by atoms with Gasteiger partial charge in [-0.3, -0.25) is 0 Å². The largest absolute Gasteiger partial charge is 0.496 e. The molecule has 15 heavy (non-hydrogen) atoms. The molecule has 80 valence electrons. The van der Waals surface area contributed by atoms with Crippen LogP contribution in [0, 0.1) is 0 Å². The molecule has 0 aromatic heterocycles. The van der Waals surface area contributed by atoms with Crippen molar-refractivity contribution in [3.05, 3.63) is 35.3 Å². The standard InChI is InChI=1S/C11H12O4/c12-10(13)4-3-9-7-14-6-8-2-1-5-15-11(8)9/h3-4,7H,1-2,5-6H2,(H,12,13)/b4-3+. The Morgan fingerprint density at radius 3 is 3.20 bits per heavy atom. The van der Waals surface area contributed by atoms with Crippen LogP contribution in [0.1, 0.15) is 12.8 Å². The second-order valence-electron chi connectivity index (χ2n) is 3.44. The molecule has 2 aliphatic rings. The molecule has 0 unspecified atom stereocenters. The molecular weight excluding hydrogens is 196 g/mol. The van der Waals surface area contributed by atoms with Gasteiger partial charge in [-0.05, 0) is 18.9 Å². The van der Waals surface area contributed by atoms with Crippen molar-refractivity contribution in [2.24, 2.45) is 0 Å². The summed E-state index contributed by atoms with van der Waals surface area (Å²) in [4.78, 5) is 10.4. The first kappa shape index (κ1) is 9.83. The fraction of sp³-hybridized carbons (Fsp3) is 0.364. The molecule has 0 fully saturated rings. The first-order valence-electron chi connectivity index (χ1n) is 4.85. The van der Waals surface area contributed by atoms with Crippen molar-refractivity contribution >= 4 is 5.97 Å². The third-order valence-electron chi connectivity index (χ3n) is 2.33. The highest BCUT2D eigenvalue weighted by molar-refractivity contribution is 5.80. The Morgan fingerprint density at radius 2 is 2.40 bits per heavy atom. The zero-order valence-corrected chi connectivity index (χ0v) is 8.23. The Labute approximate surface area is 87.5 Å². The van der Waals surface area contributed by atoms with E-state index in [1.165, 1.54) is 6.08 Å². The van der Waals surface area contributed by atoms with Crippen LogP contribution in [0.2, 0.25) is 0 Å². The first-order chi connectivity index (χ1) is 7.27. The number of allylic oxidation sites excluding steroid dienone is 1. The van der Waals surface area contributed by atoms with Crippen molar-refractivity contribution in [1.29, 1.82) is 0 Å². The smallest absolute Gasteiger partial charge is 0.328 e. The van der Waals surface area contributed by atoms with Crippen LogP contribution in [0.3, 0.4) is 0 Å². The summed E-state index contributed by atoms with van der Waals surface area (Å²) in [7, 11) is 0. The van der Waals surface area contributed by atoms with Crippen LogP contribution in [0.15, 0.2) is 35.3 Å². The van der Waals surface area contributed by atoms with Gasteiger partial charge in [-0.1, -0.05) is 0 Å². The number of carbonyl (C=O) groups is 1. The van der Waals surface area contributed by atoms with Crippen LogP contribution in [-0.2, 0) is 14.3 Å². The highest BCUT2D eigenvalue weighted by Gasteiger charge is 2.20. The second-order valence-corrected chi connectivity index (χ2v) is 3.44. The van der Waals surface area contributed by atoms with E-state index in [1.807, 2.05) is 0 Å². The van der Waals surface area contributed by atoms with Gasteiger partial charge in [-0.25, -0.2) is 4.79 Å². The maximum Gasteiger partial charge on any atom is 0.328 e. The molecule has 2 heterocycles. The minimum atomic E-state index is -0.973. The molecule has 0 saturated carbocycles. The zero-order valence-electron chi connectivity index (χ0n) is 8.23. The molecule has 0 spiro atoms. The van der Waals surface area contributed by atoms with E-state index in [0.717, 1.165) is 30.2 Å². The van der Waals surface area contributed by atoms with Crippen molar-refractivity contribution in [3.8, 4) is 0 Å². The van der Waals surface area contributed by atoms with E-state index >= 15 is 0 Å². The van der Waals surface area contributed by atoms with Crippen molar-refractivity contribution in [1.82, 2.24) is 0 Å². The Kier molecular flexibility index (Phi) is 2.76. The van der Waals surface area contributed by atoms with Gasteiger partial charge >= 0.3 is 5.97 Å². The summed E-state index contributed by atoms with van der Waals surface area (Å²) >= 11 is 0. The maximum absolute atomic E-state index is 10.4. The Hall–Kier alpha value is -1.71. The lowest BCUT2D eigenvalue weighted by Gasteiger charge is -2.24. The van der Waals surface area contributed by atoms with E-state index in [0.29, 0.717) is 18.8 Å². The van der Waals surface area contributed by atoms with E-state index in [4.69, 9.17) is 14.6 Å². The molecule has 0 aromatic carbocycles. The number of hydrogen-bond donors (Lipinski definition) is 1. The van der Waals surface area contributed by atoms with Crippen LogP contribution in [0.4, 0.5) is 0 Å². The fourth-order valence-corrected chi connectivity index (χ4v) is 1.66. The highest BCUT2D eigenvalue weighted by atomic mass is 16.5. The number of rotatable bonds is 2. The monoisotopic (exact) mass is 208 g/mol. The van der Waals surface area contributed by atoms with E-state index in [-0.39, 0.29) is 0 Å². The van der Waals surface area contributed by atoms with Crippen molar-refractivity contribution < 1.29 is 19.4 Å². The molecule has 0 aliphatic carbocycles. The van der Waals surface area contributed by atoms with Crippen molar-refractivity contribution in [2.75, 3.05) is 13.2 Å². The van der Waals surface area contributed by atoms with Crippen LogP contribution in [0.25, 0.3) is 0 Å². The molecule has 0 amide bonds. The fourth-order valence-electron chi connectivity index (χ4n) is 1.66. The van der Waals surface area contributed by atoms with Gasteiger partial charge in [0.05, 0.1) is 18.4 Å². The van der Waals surface area contributed by atoms with Crippen LogP contribution in [0.5, 0.6) is 0 Å². The van der Waals surface area contributed by atoms with Crippen LogP contribution >= 0.6 is 0 Å². The lowest BCUT2D eigenvalue weighted by atomic mass is 10.0. The third-order valence-corrected chi connectivity index (χ3v) is 2.33. The van der Waals surface area contributed by atoms with Crippen molar-refractivity contribution in [3.63, 3.8) is 0 Å². The minimum Gasteiger partial charge on any atom is -0.496 e. The summed E-state index contributed by atoms with van der Waals surface area (Å²) in [6.07, 6.45) is 6.10. The lowest BCUT2D eigenvalue weighted by Crippen LogP contribution is -2.15. The molecular formula is C11H12O4. The number of ether oxygens (including phenoxy) is 2. The molecule has 4 nitrogen and oxygen atoms in total. The van der Waals surface area contributed by atoms with Gasteiger partial charge in [0.15, 0.2) is 0 Å². The molecule has 1 N–H and O–H groups in total. The third kappa shape index (κ3) is 2.21. The highest BCUT2D eigenvalue weighted by Crippen LogP contribution is 2.29. The van der Waals surface area contributed by atoms with Gasteiger partial charge in [-0.15, -0.1) is 0 Å². The van der Waals surface area contributed by atoms with Gasteiger partial charge < -0.3 is 14.6 Å². The van der Waals surface area contributed by atoms with Crippen LogP contribution in [-0.4, -0.2) is 24.3 Å². The predicted molar refractivity (Wildman–Crippen MR) is 53.0 cm³/mol. The average molecular weight is 208 g/mol. The Morgan fingerprint density at radius 1 is 1.53 bits per heavy atom. The van der Waals surface area contributed by atoms with E-state index in [1.54, 1.807) is 6.26 Å². The summed E-state index contributed by atoms with van der Waals surface area (Å²) < 4.78 is 10.8. The number of carboxylic acids is 1. The molecule has 0 bridgehead atoms. The van der Waals surface area contributed by atoms with Gasteiger partial charge in [0, 0.05) is 11.6 Å². The number of carboxylic acid groups (broad SMARTS) is 1. The Bertz CT molecular complexity index is 363. The minimum absolute atomic E-state index is 0.555. The normalized spacial score (nSPS) is 20.4. The number of aliphatic carboxylic acids is 1.